The van der Waals surface area contributed by atoms with Gasteiger partial charge < -0.3 is 0 Å². The van der Waals surface area contributed by atoms with Gasteiger partial charge in [0.2, 0.25) is 12.3 Å². The highest BCUT2D eigenvalue weighted by atomic mass is 16.1. The first-order valence-corrected chi connectivity index (χ1v) is 5.32. The van der Waals surface area contributed by atoms with E-state index in [1.165, 1.54) is 0 Å². The number of hydrogen-bond donors (Lipinski definition) is 0. The summed E-state index contributed by atoms with van der Waals surface area (Å²) in [6.45, 7) is 0.242. The molecule has 1 aromatic heterocycles. The van der Waals surface area contributed by atoms with Gasteiger partial charge in [-0.1, -0.05) is 30.3 Å². The van der Waals surface area contributed by atoms with Crippen LogP contribution in [-0.4, -0.2) is 12.1 Å². The van der Waals surface area contributed by atoms with Crippen molar-refractivity contribution >= 4 is 12.1 Å². The molecule has 1 aromatic carbocycles. The highest BCUT2D eigenvalue weighted by Crippen LogP contribution is 2.00. The van der Waals surface area contributed by atoms with Crippen molar-refractivity contribution in [2.45, 2.75) is 6.54 Å². The molecule has 0 aliphatic carbocycles. The van der Waals surface area contributed by atoms with Gasteiger partial charge in [-0.05, 0) is 6.07 Å². The summed E-state index contributed by atoms with van der Waals surface area (Å²) in [5.41, 5.74) is 1.24. The number of aldehydes is 1. The average Bonchev–Trinajstić information content (AvgIpc) is 2.40. The lowest BCUT2D eigenvalue weighted by molar-refractivity contribution is -0.683. The largest absolute Gasteiger partial charge is 0.298 e. The van der Waals surface area contributed by atoms with Gasteiger partial charge in [0.1, 0.15) is 0 Å². The smallest absolute Gasteiger partial charge is 0.227 e. The molecule has 1 heterocycles. The highest BCUT2D eigenvalue weighted by Gasteiger charge is 2.11. The summed E-state index contributed by atoms with van der Waals surface area (Å²) in [4.78, 5) is 22.5. The maximum Gasteiger partial charge on any atom is 0.227 e. The van der Waals surface area contributed by atoms with Crippen LogP contribution >= 0.6 is 0 Å². The predicted molar refractivity (Wildman–Crippen MR) is 62.8 cm³/mol. The zero-order chi connectivity index (χ0) is 12.1. The lowest BCUT2D eigenvalue weighted by Crippen LogP contribution is -2.37. The summed E-state index contributed by atoms with van der Waals surface area (Å²) >= 11 is 0. The quantitative estimate of drug-likeness (QED) is 0.452. The summed E-state index contributed by atoms with van der Waals surface area (Å²) in [6.07, 6.45) is 4.20. The van der Waals surface area contributed by atoms with Crippen molar-refractivity contribution < 1.29 is 14.2 Å². The molecule has 2 rings (SSSR count). The van der Waals surface area contributed by atoms with Gasteiger partial charge in [0.05, 0.1) is 5.56 Å². The molecule has 0 N–H and O–H groups in total. The van der Waals surface area contributed by atoms with Gasteiger partial charge in [0.25, 0.3) is 0 Å². The molecule has 2 aromatic rings. The molecule has 3 nitrogen and oxygen atoms in total. The zero-order valence-electron chi connectivity index (χ0n) is 9.24. The molecule has 0 unspecified atom stereocenters. The summed E-state index contributed by atoms with van der Waals surface area (Å²) < 4.78 is 1.71. The molecule has 84 valence electrons. The molecule has 0 spiro atoms. The van der Waals surface area contributed by atoms with Crippen LogP contribution in [0.25, 0.3) is 0 Å². The topological polar surface area (TPSA) is 38.0 Å². The predicted octanol–water partition coefficient (Wildman–Crippen LogP) is 1.67. The SMILES string of the molecule is O=Cc1ccc[n+](CC(=O)c2ccccc2)c1. The van der Waals surface area contributed by atoms with E-state index in [-0.39, 0.29) is 12.3 Å². The lowest BCUT2D eigenvalue weighted by Gasteiger charge is -1.98. The number of ketones is 1. The fourth-order valence-corrected chi connectivity index (χ4v) is 1.59. The van der Waals surface area contributed by atoms with E-state index in [1.54, 1.807) is 41.2 Å². The summed E-state index contributed by atoms with van der Waals surface area (Å²) in [5.74, 6) is 0.0265. The van der Waals surface area contributed by atoms with Gasteiger partial charge in [-0.25, -0.2) is 0 Å². The molecule has 0 atom stereocenters. The van der Waals surface area contributed by atoms with E-state index in [2.05, 4.69) is 0 Å². The maximum atomic E-state index is 11.9. The second-order valence-electron chi connectivity index (χ2n) is 3.72. The van der Waals surface area contributed by atoms with E-state index < -0.39 is 0 Å². The van der Waals surface area contributed by atoms with Gasteiger partial charge in [-0.2, -0.15) is 4.57 Å². The summed E-state index contributed by atoms with van der Waals surface area (Å²) in [6, 6.07) is 12.6. The van der Waals surface area contributed by atoms with Crippen molar-refractivity contribution in [2.75, 3.05) is 0 Å². The van der Waals surface area contributed by atoms with E-state index in [1.807, 2.05) is 18.2 Å². The lowest BCUT2D eigenvalue weighted by atomic mass is 10.1. The van der Waals surface area contributed by atoms with Crippen molar-refractivity contribution in [3.8, 4) is 0 Å². The Labute approximate surface area is 99.3 Å². The molecular weight excluding hydrogens is 214 g/mol. The number of nitrogens with zero attached hydrogens (tertiary/aromatic N) is 1. The molecule has 0 bridgehead atoms. The van der Waals surface area contributed by atoms with Gasteiger partial charge in [-0.3, -0.25) is 9.59 Å². The van der Waals surface area contributed by atoms with Gasteiger partial charge >= 0.3 is 0 Å². The number of Topliss-reactive ketones (excluding diaryl/α,β-unsaturated/α-hetero) is 1. The van der Waals surface area contributed by atoms with Crippen molar-refractivity contribution in [1.82, 2.24) is 0 Å². The minimum absolute atomic E-state index is 0.0265. The van der Waals surface area contributed by atoms with Crippen LogP contribution < -0.4 is 4.57 Å². The number of hydrogen-bond acceptors (Lipinski definition) is 2. The minimum Gasteiger partial charge on any atom is -0.298 e. The Balaban J connectivity index is 2.16. The van der Waals surface area contributed by atoms with Crippen molar-refractivity contribution in [3.05, 3.63) is 66.0 Å². The van der Waals surface area contributed by atoms with Crippen LogP contribution in [-0.2, 0) is 6.54 Å². The van der Waals surface area contributed by atoms with Crippen LogP contribution in [0.1, 0.15) is 20.7 Å². The molecule has 0 amide bonds. The van der Waals surface area contributed by atoms with E-state index in [4.69, 9.17) is 0 Å². The second kappa shape index (κ2) is 5.16. The number of carbonyl (C=O) groups is 2. The Kier molecular flexibility index (Phi) is 3.40. The molecular formula is C14H12NO2+. The Morgan fingerprint density at radius 3 is 2.59 bits per heavy atom. The zero-order valence-corrected chi connectivity index (χ0v) is 9.24. The van der Waals surface area contributed by atoms with Gasteiger partial charge in [0, 0.05) is 11.6 Å². The fraction of sp³-hybridized carbons (Fsp3) is 0.0714. The summed E-state index contributed by atoms with van der Waals surface area (Å²) in [7, 11) is 0. The number of aromatic nitrogens is 1. The Hall–Kier alpha value is -2.29. The first-order chi connectivity index (χ1) is 8.29. The number of benzene rings is 1. The molecule has 17 heavy (non-hydrogen) atoms. The van der Waals surface area contributed by atoms with E-state index in [0.29, 0.717) is 11.1 Å². The molecule has 0 aliphatic rings. The first-order valence-electron chi connectivity index (χ1n) is 5.32. The maximum absolute atomic E-state index is 11.9. The molecule has 0 aliphatic heterocycles. The van der Waals surface area contributed by atoms with Gasteiger partial charge in [-0.15, -0.1) is 0 Å². The Bertz CT molecular complexity index is 535. The van der Waals surface area contributed by atoms with Crippen molar-refractivity contribution in [1.29, 1.82) is 0 Å². The Morgan fingerprint density at radius 2 is 1.88 bits per heavy atom. The fourth-order valence-electron chi connectivity index (χ4n) is 1.59. The van der Waals surface area contributed by atoms with Crippen molar-refractivity contribution in [3.63, 3.8) is 0 Å². The van der Waals surface area contributed by atoms with E-state index in [9.17, 15) is 9.59 Å². The number of carbonyl (C=O) groups excluding carboxylic acids is 2. The standard InChI is InChI=1S/C14H12NO2/c16-11-12-5-4-8-15(9-12)10-14(17)13-6-2-1-3-7-13/h1-9,11H,10H2/q+1. The van der Waals surface area contributed by atoms with Crippen LogP contribution in [0.5, 0.6) is 0 Å². The summed E-state index contributed by atoms with van der Waals surface area (Å²) in [5, 5.41) is 0. The highest BCUT2D eigenvalue weighted by molar-refractivity contribution is 5.94. The molecule has 0 saturated carbocycles. The molecule has 0 saturated heterocycles. The Morgan fingerprint density at radius 1 is 1.12 bits per heavy atom. The van der Waals surface area contributed by atoms with Crippen LogP contribution in [0.3, 0.4) is 0 Å². The monoisotopic (exact) mass is 226 g/mol. The van der Waals surface area contributed by atoms with Crippen LogP contribution in [0.4, 0.5) is 0 Å². The third-order valence-corrected chi connectivity index (χ3v) is 2.44. The third kappa shape index (κ3) is 2.84. The molecule has 0 fully saturated rings. The third-order valence-electron chi connectivity index (χ3n) is 2.44. The molecule has 0 radical (unpaired) electrons. The average molecular weight is 226 g/mol. The van der Waals surface area contributed by atoms with E-state index in [0.717, 1.165) is 6.29 Å². The minimum atomic E-state index is 0.0265. The van der Waals surface area contributed by atoms with Crippen LogP contribution in [0.2, 0.25) is 0 Å². The first kappa shape index (κ1) is 11.2. The van der Waals surface area contributed by atoms with E-state index >= 15 is 0 Å². The molecule has 3 heteroatoms. The number of pyridine rings is 1. The second-order valence-corrected chi connectivity index (χ2v) is 3.72. The van der Waals surface area contributed by atoms with Crippen LogP contribution in [0, 0.1) is 0 Å². The normalized spacial score (nSPS) is 9.88. The van der Waals surface area contributed by atoms with Crippen molar-refractivity contribution in [2.24, 2.45) is 0 Å². The van der Waals surface area contributed by atoms with Gasteiger partial charge in [0.15, 0.2) is 18.7 Å². The number of rotatable bonds is 4. The van der Waals surface area contributed by atoms with Crippen LogP contribution in [0.15, 0.2) is 54.9 Å².